The van der Waals surface area contributed by atoms with Gasteiger partial charge in [0.05, 0.1) is 4.90 Å². The van der Waals surface area contributed by atoms with Gasteiger partial charge in [-0.25, -0.2) is 22.5 Å². The van der Waals surface area contributed by atoms with Crippen molar-refractivity contribution in [1.82, 2.24) is 9.71 Å². The number of hydrogen-bond acceptors (Lipinski definition) is 4. The monoisotopic (exact) mass is 425 g/mol. The van der Waals surface area contributed by atoms with Gasteiger partial charge in [-0.15, -0.1) is 0 Å². The molecule has 3 N–H and O–H groups in total. The normalized spacial score (nSPS) is 15.2. The molecule has 0 amide bonds. The molecule has 1 saturated carbocycles. The van der Waals surface area contributed by atoms with E-state index in [0.29, 0.717) is 28.1 Å². The van der Waals surface area contributed by atoms with Crippen LogP contribution in [0.1, 0.15) is 32.1 Å². The Balaban J connectivity index is 1.68. The topological polar surface area (TPSA) is 85.1 Å². The van der Waals surface area contributed by atoms with E-state index >= 15 is 0 Å². The predicted molar refractivity (Wildman–Crippen MR) is 117 cm³/mol. The lowest BCUT2D eigenvalue weighted by atomic mass is 9.96. The van der Waals surface area contributed by atoms with E-state index in [4.69, 9.17) is 5.73 Å². The Hall–Kier alpha value is -2.77. The van der Waals surface area contributed by atoms with Crippen molar-refractivity contribution in [1.29, 1.82) is 0 Å². The number of nitrogen functional groups attached to an aromatic ring is 1. The maximum atomic E-state index is 14.9. The van der Waals surface area contributed by atoms with Gasteiger partial charge in [-0.2, -0.15) is 0 Å². The number of nitrogens with one attached hydrogen (secondary N) is 1. The Morgan fingerprint density at radius 2 is 1.67 bits per heavy atom. The van der Waals surface area contributed by atoms with Crippen LogP contribution in [0, 0.1) is 5.82 Å². The fraction of sp³-hybridized carbons (Fsp3) is 0.261. The molecule has 0 saturated heterocycles. The Morgan fingerprint density at radius 1 is 0.933 bits per heavy atom. The minimum Gasteiger partial charge on any atom is -0.384 e. The summed E-state index contributed by atoms with van der Waals surface area (Å²) in [5, 5.41) is 0. The second kappa shape index (κ2) is 8.53. The van der Waals surface area contributed by atoms with Gasteiger partial charge in [0, 0.05) is 28.9 Å². The summed E-state index contributed by atoms with van der Waals surface area (Å²) in [6.45, 7) is 0. The zero-order valence-corrected chi connectivity index (χ0v) is 17.3. The molecule has 156 valence electrons. The van der Waals surface area contributed by atoms with Crippen molar-refractivity contribution in [3.8, 4) is 22.3 Å². The highest BCUT2D eigenvalue weighted by atomic mass is 32.2. The SMILES string of the molecule is Nc1ccc(-c2ccc(-c3ccccc3S(=O)(=O)NC3CCCCC3)cc2F)cn1. The molecule has 1 aliphatic carbocycles. The molecular formula is C23H24FN3O2S. The first-order valence-electron chi connectivity index (χ1n) is 10.1. The predicted octanol–water partition coefficient (Wildman–Crippen LogP) is 4.75. The maximum Gasteiger partial charge on any atom is 0.241 e. The summed E-state index contributed by atoms with van der Waals surface area (Å²) >= 11 is 0. The zero-order chi connectivity index (χ0) is 21.1. The Morgan fingerprint density at radius 3 is 2.37 bits per heavy atom. The molecule has 7 heteroatoms. The molecule has 5 nitrogen and oxygen atoms in total. The van der Waals surface area contributed by atoms with Crippen LogP contribution in [0.15, 0.2) is 65.7 Å². The number of rotatable bonds is 5. The van der Waals surface area contributed by atoms with Gasteiger partial charge in [0.25, 0.3) is 0 Å². The van der Waals surface area contributed by atoms with Crippen LogP contribution < -0.4 is 10.5 Å². The smallest absolute Gasteiger partial charge is 0.241 e. The van der Waals surface area contributed by atoms with Crippen LogP contribution >= 0.6 is 0 Å². The van der Waals surface area contributed by atoms with E-state index in [1.807, 2.05) is 0 Å². The number of benzene rings is 2. The summed E-state index contributed by atoms with van der Waals surface area (Å²) in [6.07, 6.45) is 6.41. The zero-order valence-electron chi connectivity index (χ0n) is 16.5. The van der Waals surface area contributed by atoms with Gasteiger partial charge in [0.2, 0.25) is 10.0 Å². The summed E-state index contributed by atoms with van der Waals surface area (Å²) in [5.74, 6) is -0.0908. The van der Waals surface area contributed by atoms with Crippen molar-refractivity contribution < 1.29 is 12.8 Å². The largest absolute Gasteiger partial charge is 0.384 e. The minimum absolute atomic E-state index is 0.0473. The first-order chi connectivity index (χ1) is 14.4. The Labute approximate surface area is 176 Å². The van der Waals surface area contributed by atoms with Gasteiger partial charge < -0.3 is 5.73 Å². The van der Waals surface area contributed by atoms with Gasteiger partial charge in [-0.3, -0.25) is 0 Å². The van der Waals surface area contributed by atoms with Crippen molar-refractivity contribution in [2.45, 2.75) is 43.0 Å². The third-order valence-electron chi connectivity index (χ3n) is 5.48. The van der Waals surface area contributed by atoms with Crippen LogP contribution in [0.2, 0.25) is 0 Å². The molecule has 0 bridgehead atoms. The van der Waals surface area contributed by atoms with Crippen molar-refractivity contribution in [3.63, 3.8) is 0 Å². The van der Waals surface area contributed by atoms with E-state index in [1.165, 1.54) is 12.3 Å². The van der Waals surface area contributed by atoms with E-state index in [2.05, 4.69) is 9.71 Å². The number of aromatic nitrogens is 1. The number of pyridine rings is 1. The Kier molecular flexibility index (Phi) is 5.83. The summed E-state index contributed by atoms with van der Waals surface area (Å²) in [5.41, 5.74) is 7.56. The third kappa shape index (κ3) is 4.37. The average Bonchev–Trinajstić information content (AvgIpc) is 2.75. The fourth-order valence-electron chi connectivity index (χ4n) is 3.92. The average molecular weight is 426 g/mol. The molecule has 0 atom stereocenters. The number of halogens is 1. The number of nitrogens with zero attached hydrogens (tertiary/aromatic N) is 1. The molecule has 0 unspecified atom stereocenters. The number of anilines is 1. The van der Waals surface area contributed by atoms with E-state index in [9.17, 15) is 12.8 Å². The molecular weight excluding hydrogens is 401 g/mol. The number of nitrogens with two attached hydrogens (primary N) is 1. The summed E-state index contributed by atoms with van der Waals surface area (Å²) in [4.78, 5) is 4.17. The molecule has 0 radical (unpaired) electrons. The molecule has 1 aromatic heterocycles. The van der Waals surface area contributed by atoms with Gasteiger partial charge in [0.15, 0.2) is 0 Å². The lowest BCUT2D eigenvalue weighted by Crippen LogP contribution is -2.36. The van der Waals surface area contributed by atoms with Crippen LogP contribution in [0.4, 0.5) is 10.2 Å². The molecule has 2 aromatic carbocycles. The van der Waals surface area contributed by atoms with Gasteiger partial charge >= 0.3 is 0 Å². The number of sulfonamides is 1. The quantitative estimate of drug-likeness (QED) is 0.618. The van der Waals surface area contributed by atoms with Crippen LogP contribution in [-0.2, 0) is 10.0 Å². The molecule has 0 spiro atoms. The molecule has 1 fully saturated rings. The molecule has 4 rings (SSSR count). The first kappa shape index (κ1) is 20.5. The molecule has 0 aliphatic heterocycles. The highest BCUT2D eigenvalue weighted by molar-refractivity contribution is 7.89. The molecule has 30 heavy (non-hydrogen) atoms. The molecule has 1 heterocycles. The van der Waals surface area contributed by atoms with Crippen molar-refractivity contribution in [2.75, 3.05) is 5.73 Å². The van der Waals surface area contributed by atoms with Gasteiger partial charge in [-0.05, 0) is 42.7 Å². The van der Waals surface area contributed by atoms with E-state index in [0.717, 1.165) is 32.1 Å². The lowest BCUT2D eigenvalue weighted by molar-refractivity contribution is 0.412. The van der Waals surface area contributed by atoms with Gasteiger partial charge in [0.1, 0.15) is 11.6 Å². The minimum atomic E-state index is -3.71. The van der Waals surface area contributed by atoms with Crippen LogP contribution in [0.5, 0.6) is 0 Å². The van der Waals surface area contributed by atoms with Crippen LogP contribution in [0.25, 0.3) is 22.3 Å². The highest BCUT2D eigenvalue weighted by Crippen LogP contribution is 2.32. The summed E-state index contributed by atoms with van der Waals surface area (Å²) < 4.78 is 43.9. The van der Waals surface area contributed by atoms with Crippen molar-refractivity contribution in [2.24, 2.45) is 0 Å². The second-order valence-corrected chi connectivity index (χ2v) is 9.30. The lowest BCUT2D eigenvalue weighted by Gasteiger charge is -2.23. The maximum absolute atomic E-state index is 14.9. The van der Waals surface area contributed by atoms with Crippen LogP contribution in [-0.4, -0.2) is 19.4 Å². The van der Waals surface area contributed by atoms with Crippen molar-refractivity contribution >= 4 is 15.8 Å². The van der Waals surface area contributed by atoms with Crippen molar-refractivity contribution in [3.05, 3.63) is 66.6 Å². The van der Waals surface area contributed by atoms with Gasteiger partial charge in [-0.1, -0.05) is 49.6 Å². The third-order valence-corrected chi connectivity index (χ3v) is 7.06. The summed E-state index contributed by atoms with van der Waals surface area (Å²) in [6, 6.07) is 14.7. The Bertz CT molecular complexity index is 1140. The highest BCUT2D eigenvalue weighted by Gasteiger charge is 2.24. The molecule has 1 aliphatic rings. The van der Waals surface area contributed by atoms with Crippen LogP contribution in [0.3, 0.4) is 0 Å². The van der Waals surface area contributed by atoms with E-state index in [1.54, 1.807) is 48.5 Å². The number of hydrogen-bond donors (Lipinski definition) is 2. The molecule has 3 aromatic rings. The fourth-order valence-corrected chi connectivity index (χ4v) is 5.46. The standard InChI is InChI=1S/C23H24FN3O2S/c24-21-14-16(10-12-19(21)17-11-13-23(25)26-15-17)20-8-4-5-9-22(20)30(28,29)27-18-6-2-1-3-7-18/h4-5,8-15,18,27H,1-3,6-7H2,(H2,25,26). The summed E-state index contributed by atoms with van der Waals surface area (Å²) in [7, 11) is -3.71. The second-order valence-electron chi connectivity index (χ2n) is 7.62. The first-order valence-corrected chi connectivity index (χ1v) is 11.6. The van der Waals surface area contributed by atoms with E-state index in [-0.39, 0.29) is 10.9 Å². The van der Waals surface area contributed by atoms with E-state index < -0.39 is 15.8 Å².